The van der Waals surface area contributed by atoms with Gasteiger partial charge in [0.1, 0.15) is 5.37 Å². The van der Waals surface area contributed by atoms with E-state index in [2.05, 4.69) is 0 Å². The van der Waals surface area contributed by atoms with Crippen molar-refractivity contribution in [3.63, 3.8) is 0 Å². The molecule has 5 nitrogen and oxygen atoms in total. The first kappa shape index (κ1) is 19.3. The van der Waals surface area contributed by atoms with Crippen molar-refractivity contribution in [3.05, 3.63) is 53.1 Å². The van der Waals surface area contributed by atoms with E-state index in [0.29, 0.717) is 28.6 Å². The first-order valence-corrected chi connectivity index (χ1v) is 9.18. The van der Waals surface area contributed by atoms with Gasteiger partial charge in [0.05, 0.1) is 27.1 Å². The summed E-state index contributed by atoms with van der Waals surface area (Å²) in [6, 6.07) is 7.22. The molecule has 0 spiro atoms. The van der Waals surface area contributed by atoms with E-state index in [-0.39, 0.29) is 17.8 Å². The number of benzene rings is 2. The summed E-state index contributed by atoms with van der Waals surface area (Å²) in [5.74, 6) is -0.198. The molecule has 2 aromatic carbocycles. The number of ether oxygens (including phenoxy) is 3. The van der Waals surface area contributed by atoms with Crippen molar-refractivity contribution in [2.24, 2.45) is 0 Å². The van der Waals surface area contributed by atoms with Gasteiger partial charge in [-0.25, -0.2) is 8.78 Å². The van der Waals surface area contributed by atoms with Crippen molar-refractivity contribution in [3.8, 4) is 17.2 Å². The number of halogens is 2. The minimum Gasteiger partial charge on any atom is -0.493 e. The van der Waals surface area contributed by atoms with Crippen LogP contribution >= 0.6 is 11.8 Å². The lowest BCUT2D eigenvalue weighted by Gasteiger charge is -2.25. The van der Waals surface area contributed by atoms with Crippen molar-refractivity contribution in [1.29, 1.82) is 0 Å². The van der Waals surface area contributed by atoms with E-state index >= 15 is 0 Å². The average molecular weight is 395 g/mol. The predicted molar refractivity (Wildman–Crippen MR) is 98.2 cm³/mol. The molecule has 27 heavy (non-hydrogen) atoms. The molecule has 3 rings (SSSR count). The van der Waals surface area contributed by atoms with E-state index in [0.717, 1.165) is 17.7 Å². The monoisotopic (exact) mass is 395 g/mol. The second kappa shape index (κ2) is 8.04. The van der Waals surface area contributed by atoms with Gasteiger partial charge in [0.15, 0.2) is 23.1 Å². The van der Waals surface area contributed by atoms with Gasteiger partial charge in [0.2, 0.25) is 11.7 Å². The fraction of sp³-hybridized carbons (Fsp3) is 0.316. The van der Waals surface area contributed by atoms with Gasteiger partial charge >= 0.3 is 0 Å². The first-order valence-electron chi connectivity index (χ1n) is 8.13. The lowest BCUT2D eigenvalue weighted by Crippen LogP contribution is -2.27. The lowest BCUT2D eigenvalue weighted by atomic mass is 10.1. The summed E-state index contributed by atoms with van der Waals surface area (Å²) in [6.07, 6.45) is 0. The maximum absolute atomic E-state index is 13.5. The summed E-state index contributed by atoms with van der Waals surface area (Å²) >= 11 is 1.45. The van der Waals surface area contributed by atoms with Crippen molar-refractivity contribution in [2.45, 2.75) is 11.9 Å². The molecule has 0 saturated carbocycles. The molecular weight excluding hydrogens is 376 g/mol. The van der Waals surface area contributed by atoms with Crippen LogP contribution in [0.15, 0.2) is 30.3 Å². The molecule has 1 atom stereocenters. The highest BCUT2D eigenvalue weighted by atomic mass is 32.2. The number of hydrogen-bond donors (Lipinski definition) is 0. The van der Waals surface area contributed by atoms with E-state index in [4.69, 9.17) is 14.2 Å². The van der Waals surface area contributed by atoms with Crippen LogP contribution in [0, 0.1) is 11.6 Å². The lowest BCUT2D eigenvalue weighted by molar-refractivity contribution is -0.128. The normalized spacial score (nSPS) is 16.6. The predicted octanol–water partition coefficient (Wildman–Crippen LogP) is 3.76. The van der Waals surface area contributed by atoms with Gasteiger partial charge in [-0.15, -0.1) is 11.8 Å². The fourth-order valence-electron chi connectivity index (χ4n) is 2.98. The Morgan fingerprint density at radius 2 is 1.70 bits per heavy atom. The minimum atomic E-state index is -0.934. The standard InChI is InChI=1S/C19H19F2NO4S/c1-24-15-7-12(8-16(25-2)18(15)26-3)19-22(17(23)10-27-19)9-11-4-5-13(20)14(21)6-11/h4-8,19H,9-10H2,1-3H3. The molecular formula is C19H19F2NO4S. The molecule has 1 aliphatic heterocycles. The fourth-order valence-corrected chi connectivity index (χ4v) is 4.15. The summed E-state index contributed by atoms with van der Waals surface area (Å²) in [6.45, 7) is 0.171. The molecule has 0 aromatic heterocycles. The number of carbonyl (C=O) groups is 1. The van der Waals surface area contributed by atoms with Gasteiger partial charge in [0.25, 0.3) is 0 Å². The third-order valence-corrected chi connectivity index (χ3v) is 5.53. The molecule has 144 valence electrons. The van der Waals surface area contributed by atoms with Crippen LogP contribution in [0.25, 0.3) is 0 Å². The molecule has 0 N–H and O–H groups in total. The largest absolute Gasteiger partial charge is 0.493 e. The van der Waals surface area contributed by atoms with Gasteiger partial charge in [0, 0.05) is 6.54 Å². The van der Waals surface area contributed by atoms with E-state index in [9.17, 15) is 13.6 Å². The number of hydrogen-bond acceptors (Lipinski definition) is 5. The number of carbonyl (C=O) groups excluding carboxylic acids is 1. The van der Waals surface area contributed by atoms with E-state index in [1.54, 1.807) is 17.0 Å². The Morgan fingerprint density at radius 1 is 1.04 bits per heavy atom. The Hall–Kier alpha value is -2.48. The molecule has 1 saturated heterocycles. The van der Waals surface area contributed by atoms with Gasteiger partial charge in [-0.2, -0.15) is 0 Å². The van der Waals surface area contributed by atoms with Crippen LogP contribution in [0.4, 0.5) is 8.78 Å². The van der Waals surface area contributed by atoms with Gasteiger partial charge in [-0.3, -0.25) is 4.79 Å². The van der Waals surface area contributed by atoms with Crippen LogP contribution in [0.3, 0.4) is 0 Å². The molecule has 1 fully saturated rings. The quantitative estimate of drug-likeness (QED) is 0.745. The van der Waals surface area contributed by atoms with Crippen molar-refractivity contribution >= 4 is 17.7 Å². The molecule has 0 aliphatic carbocycles. The van der Waals surface area contributed by atoms with Gasteiger partial charge < -0.3 is 19.1 Å². The Bertz CT molecular complexity index is 837. The number of nitrogens with zero attached hydrogens (tertiary/aromatic N) is 1. The Kier molecular flexibility index (Phi) is 5.74. The zero-order chi connectivity index (χ0) is 19.6. The zero-order valence-electron chi connectivity index (χ0n) is 15.1. The van der Waals surface area contributed by atoms with E-state index in [1.807, 2.05) is 0 Å². The van der Waals surface area contributed by atoms with E-state index < -0.39 is 11.6 Å². The molecule has 0 radical (unpaired) electrons. The van der Waals surface area contributed by atoms with Crippen LogP contribution in [0.5, 0.6) is 17.2 Å². The van der Waals surface area contributed by atoms with Crippen LogP contribution in [-0.2, 0) is 11.3 Å². The highest BCUT2D eigenvalue weighted by Gasteiger charge is 2.34. The zero-order valence-corrected chi connectivity index (χ0v) is 15.9. The summed E-state index contributed by atoms with van der Waals surface area (Å²) < 4.78 is 42.8. The molecule has 1 aliphatic rings. The topological polar surface area (TPSA) is 48.0 Å². The van der Waals surface area contributed by atoms with Crippen LogP contribution in [-0.4, -0.2) is 37.9 Å². The van der Waals surface area contributed by atoms with Crippen LogP contribution in [0.2, 0.25) is 0 Å². The molecule has 1 amide bonds. The van der Waals surface area contributed by atoms with Gasteiger partial charge in [-0.1, -0.05) is 6.07 Å². The van der Waals surface area contributed by atoms with Gasteiger partial charge in [-0.05, 0) is 35.4 Å². The second-order valence-electron chi connectivity index (χ2n) is 5.89. The third kappa shape index (κ3) is 3.80. The van der Waals surface area contributed by atoms with Crippen molar-refractivity contribution < 1.29 is 27.8 Å². The maximum Gasteiger partial charge on any atom is 0.234 e. The average Bonchev–Trinajstić information content (AvgIpc) is 3.03. The number of methoxy groups -OCH3 is 3. The van der Waals surface area contributed by atoms with Crippen LogP contribution in [0.1, 0.15) is 16.5 Å². The molecule has 0 bridgehead atoms. The molecule has 8 heteroatoms. The Morgan fingerprint density at radius 3 is 2.26 bits per heavy atom. The summed E-state index contributed by atoms with van der Waals surface area (Å²) in [4.78, 5) is 14.0. The number of amides is 1. The van der Waals surface area contributed by atoms with E-state index in [1.165, 1.54) is 39.2 Å². The summed E-state index contributed by atoms with van der Waals surface area (Å²) in [5, 5.41) is -0.306. The Balaban J connectivity index is 1.95. The van der Waals surface area contributed by atoms with Crippen molar-refractivity contribution in [2.75, 3.05) is 27.1 Å². The summed E-state index contributed by atoms with van der Waals surface area (Å²) in [5.41, 5.74) is 1.31. The number of rotatable bonds is 6. The Labute approximate surface area is 160 Å². The van der Waals surface area contributed by atoms with Crippen LogP contribution < -0.4 is 14.2 Å². The third-order valence-electron chi connectivity index (χ3n) is 4.28. The SMILES string of the molecule is COc1cc(C2SCC(=O)N2Cc2ccc(F)c(F)c2)cc(OC)c1OC. The molecule has 1 heterocycles. The highest BCUT2D eigenvalue weighted by Crippen LogP contribution is 2.46. The first-order chi connectivity index (χ1) is 13.0. The van der Waals surface area contributed by atoms with Crippen molar-refractivity contribution in [1.82, 2.24) is 4.90 Å². The number of thioether (sulfide) groups is 1. The highest BCUT2D eigenvalue weighted by molar-refractivity contribution is 8.00. The maximum atomic E-state index is 13.5. The smallest absolute Gasteiger partial charge is 0.234 e. The molecule has 1 unspecified atom stereocenters. The summed E-state index contributed by atoms with van der Waals surface area (Å²) in [7, 11) is 4.56. The minimum absolute atomic E-state index is 0.0801. The second-order valence-corrected chi connectivity index (χ2v) is 6.96. The molecule has 2 aromatic rings.